The Morgan fingerprint density at radius 3 is 2.79 bits per heavy atom. The van der Waals surface area contributed by atoms with Crippen molar-refractivity contribution >= 4 is 23.0 Å². The maximum Gasteiger partial charge on any atom is 0.348 e. The van der Waals surface area contributed by atoms with E-state index >= 15 is 0 Å². The first-order valence-electron chi connectivity index (χ1n) is 6.06. The van der Waals surface area contributed by atoms with Crippen molar-refractivity contribution < 1.29 is 9.53 Å². The molecule has 0 aromatic carbocycles. The molecule has 0 radical (unpaired) electrons. The van der Waals surface area contributed by atoms with Gasteiger partial charge in [0.05, 0.1) is 11.4 Å². The van der Waals surface area contributed by atoms with E-state index in [-0.39, 0.29) is 12.6 Å². The Kier molecular flexibility index (Phi) is 3.90. The van der Waals surface area contributed by atoms with Crippen molar-refractivity contribution in [2.75, 3.05) is 5.73 Å². The number of nitrogens with zero attached hydrogens (tertiary/aromatic N) is 2. The van der Waals surface area contributed by atoms with Gasteiger partial charge in [-0.2, -0.15) is 5.10 Å². The lowest BCUT2D eigenvalue weighted by Crippen LogP contribution is -2.06. The Balaban J connectivity index is 2.02. The molecule has 0 unspecified atom stereocenters. The molecule has 0 atom stereocenters. The molecule has 102 valence electrons. The van der Waals surface area contributed by atoms with E-state index in [0.717, 1.165) is 22.7 Å². The molecule has 0 aliphatic rings. The molecule has 19 heavy (non-hydrogen) atoms. The zero-order valence-corrected chi connectivity index (χ0v) is 12.1. The SMILES string of the molecule is CCc1cc(COC(=O)c2cc(N)c(C)s2)n(C)n1. The number of nitrogen functional groups attached to an aromatic ring is 1. The quantitative estimate of drug-likeness (QED) is 0.872. The molecule has 0 bridgehead atoms. The normalized spacial score (nSPS) is 10.7. The van der Waals surface area contributed by atoms with Crippen LogP contribution < -0.4 is 5.73 Å². The Morgan fingerprint density at radius 1 is 1.53 bits per heavy atom. The Hall–Kier alpha value is -1.82. The van der Waals surface area contributed by atoms with E-state index in [2.05, 4.69) is 5.10 Å². The van der Waals surface area contributed by atoms with Crippen molar-refractivity contribution in [1.82, 2.24) is 9.78 Å². The van der Waals surface area contributed by atoms with Gasteiger partial charge in [-0.15, -0.1) is 11.3 Å². The Morgan fingerprint density at radius 2 is 2.26 bits per heavy atom. The summed E-state index contributed by atoms with van der Waals surface area (Å²) in [5.41, 5.74) is 8.22. The van der Waals surface area contributed by atoms with Gasteiger partial charge in [0, 0.05) is 17.6 Å². The van der Waals surface area contributed by atoms with Crippen molar-refractivity contribution in [3.63, 3.8) is 0 Å². The molecule has 0 saturated heterocycles. The minimum Gasteiger partial charge on any atom is -0.455 e. The molecule has 0 aliphatic carbocycles. The molecule has 0 spiro atoms. The van der Waals surface area contributed by atoms with Crippen molar-refractivity contribution in [1.29, 1.82) is 0 Å². The molecule has 0 saturated carbocycles. The summed E-state index contributed by atoms with van der Waals surface area (Å²) in [5, 5.41) is 4.31. The summed E-state index contributed by atoms with van der Waals surface area (Å²) in [7, 11) is 1.84. The van der Waals surface area contributed by atoms with Crippen LogP contribution in [0.2, 0.25) is 0 Å². The third-order valence-electron chi connectivity index (χ3n) is 2.90. The number of aromatic nitrogens is 2. The van der Waals surface area contributed by atoms with Gasteiger partial charge in [0.25, 0.3) is 0 Å². The summed E-state index contributed by atoms with van der Waals surface area (Å²) < 4.78 is 7.01. The number of anilines is 1. The fraction of sp³-hybridized carbons (Fsp3) is 0.385. The molecule has 5 nitrogen and oxygen atoms in total. The second-order valence-electron chi connectivity index (χ2n) is 4.30. The first-order chi connectivity index (χ1) is 9.01. The molecule has 2 heterocycles. The smallest absolute Gasteiger partial charge is 0.348 e. The average Bonchev–Trinajstić information content (AvgIpc) is 2.90. The highest BCUT2D eigenvalue weighted by Crippen LogP contribution is 2.24. The fourth-order valence-electron chi connectivity index (χ4n) is 1.69. The first-order valence-corrected chi connectivity index (χ1v) is 6.87. The van der Waals surface area contributed by atoms with Crippen molar-refractivity contribution in [2.24, 2.45) is 7.05 Å². The minimum atomic E-state index is -0.343. The van der Waals surface area contributed by atoms with Crippen molar-refractivity contribution in [2.45, 2.75) is 26.9 Å². The second kappa shape index (κ2) is 5.44. The van der Waals surface area contributed by atoms with Crippen LogP contribution in [0.3, 0.4) is 0 Å². The lowest BCUT2D eigenvalue weighted by Gasteiger charge is -2.03. The van der Waals surface area contributed by atoms with E-state index in [1.165, 1.54) is 11.3 Å². The largest absolute Gasteiger partial charge is 0.455 e. The van der Waals surface area contributed by atoms with Gasteiger partial charge in [-0.1, -0.05) is 6.92 Å². The van der Waals surface area contributed by atoms with Gasteiger partial charge in [-0.25, -0.2) is 4.79 Å². The number of carbonyl (C=O) groups is 1. The molecule has 2 aromatic rings. The molecule has 2 aromatic heterocycles. The summed E-state index contributed by atoms with van der Waals surface area (Å²) in [6.07, 6.45) is 0.864. The summed E-state index contributed by atoms with van der Waals surface area (Å²) in [4.78, 5) is 13.3. The van der Waals surface area contributed by atoms with Gasteiger partial charge in [-0.3, -0.25) is 4.68 Å². The highest BCUT2D eigenvalue weighted by Gasteiger charge is 2.13. The lowest BCUT2D eigenvalue weighted by atomic mass is 10.3. The van der Waals surface area contributed by atoms with Crippen LogP contribution in [0, 0.1) is 6.92 Å². The standard InChI is InChI=1S/C13H17N3O2S/c1-4-9-5-10(16(3)15-9)7-18-13(17)12-6-11(14)8(2)19-12/h5-6H,4,7,14H2,1-3H3. The first kappa shape index (κ1) is 13.6. The number of carbonyl (C=O) groups excluding carboxylic acids is 1. The van der Waals surface area contributed by atoms with Crippen LogP contribution in [0.15, 0.2) is 12.1 Å². The number of esters is 1. The van der Waals surface area contributed by atoms with E-state index in [0.29, 0.717) is 10.6 Å². The molecule has 0 amide bonds. The van der Waals surface area contributed by atoms with E-state index < -0.39 is 0 Å². The van der Waals surface area contributed by atoms with E-state index in [1.807, 2.05) is 27.0 Å². The van der Waals surface area contributed by atoms with Crippen LogP contribution in [0.4, 0.5) is 5.69 Å². The molecule has 0 fully saturated rings. The van der Waals surface area contributed by atoms with Gasteiger partial charge in [0.15, 0.2) is 0 Å². The molecule has 0 aliphatic heterocycles. The average molecular weight is 279 g/mol. The van der Waals surface area contributed by atoms with Gasteiger partial charge in [0.1, 0.15) is 11.5 Å². The lowest BCUT2D eigenvalue weighted by molar-refractivity contribution is 0.0469. The number of rotatable bonds is 4. The minimum absolute atomic E-state index is 0.221. The van der Waals surface area contributed by atoms with Crippen molar-refractivity contribution in [3.8, 4) is 0 Å². The van der Waals surface area contributed by atoms with Crippen LogP contribution in [-0.2, 0) is 24.8 Å². The van der Waals surface area contributed by atoms with Crippen LogP contribution in [0.1, 0.15) is 32.9 Å². The summed E-state index contributed by atoms with van der Waals surface area (Å²) >= 11 is 1.35. The number of hydrogen-bond acceptors (Lipinski definition) is 5. The topological polar surface area (TPSA) is 70.1 Å². The zero-order chi connectivity index (χ0) is 14.0. The zero-order valence-electron chi connectivity index (χ0n) is 11.3. The predicted octanol–water partition coefficient (Wildman–Crippen LogP) is 2.29. The van der Waals surface area contributed by atoms with Gasteiger partial charge in [-0.05, 0) is 25.5 Å². The molecule has 6 heteroatoms. The van der Waals surface area contributed by atoms with Gasteiger partial charge < -0.3 is 10.5 Å². The predicted molar refractivity (Wildman–Crippen MR) is 75.2 cm³/mol. The molecule has 2 N–H and O–H groups in total. The summed E-state index contributed by atoms with van der Waals surface area (Å²) in [5.74, 6) is -0.343. The maximum atomic E-state index is 11.9. The van der Waals surface area contributed by atoms with Gasteiger partial charge >= 0.3 is 5.97 Å². The molecular weight excluding hydrogens is 262 g/mol. The summed E-state index contributed by atoms with van der Waals surface area (Å²) in [6.45, 7) is 4.14. The van der Waals surface area contributed by atoms with Crippen molar-refractivity contribution in [3.05, 3.63) is 33.3 Å². The third kappa shape index (κ3) is 2.96. The van der Waals surface area contributed by atoms with E-state index in [4.69, 9.17) is 10.5 Å². The number of ether oxygens (including phenoxy) is 1. The third-order valence-corrected chi connectivity index (χ3v) is 3.94. The van der Waals surface area contributed by atoms with Gasteiger partial charge in [0.2, 0.25) is 0 Å². The van der Waals surface area contributed by atoms with E-state index in [1.54, 1.807) is 10.7 Å². The van der Waals surface area contributed by atoms with Crippen LogP contribution in [-0.4, -0.2) is 15.7 Å². The van der Waals surface area contributed by atoms with E-state index in [9.17, 15) is 4.79 Å². The number of aryl methyl sites for hydroxylation is 3. The van der Waals surface area contributed by atoms with Crippen LogP contribution in [0.25, 0.3) is 0 Å². The number of nitrogens with two attached hydrogens (primary N) is 1. The Labute approximate surface area is 116 Å². The second-order valence-corrected chi connectivity index (χ2v) is 5.56. The number of hydrogen-bond donors (Lipinski definition) is 1. The summed E-state index contributed by atoms with van der Waals surface area (Å²) in [6, 6.07) is 3.60. The highest BCUT2D eigenvalue weighted by molar-refractivity contribution is 7.14. The fourth-order valence-corrected chi connectivity index (χ4v) is 2.52. The Bertz CT molecular complexity index is 582. The molecular formula is C13H17N3O2S. The molecule has 2 rings (SSSR count). The number of thiophene rings is 1. The van der Waals surface area contributed by atoms with Crippen LogP contribution >= 0.6 is 11.3 Å². The highest BCUT2D eigenvalue weighted by atomic mass is 32.1. The van der Waals surface area contributed by atoms with Crippen LogP contribution in [0.5, 0.6) is 0 Å². The maximum absolute atomic E-state index is 11.9. The monoisotopic (exact) mass is 279 g/mol.